The highest BCUT2D eigenvalue weighted by atomic mass is 19.1. The quantitative estimate of drug-likeness (QED) is 0.357. The Morgan fingerprint density at radius 3 is 2.46 bits per heavy atom. The smallest absolute Gasteiger partial charge is 0.294 e. The van der Waals surface area contributed by atoms with Crippen molar-refractivity contribution in [3.63, 3.8) is 0 Å². The first-order valence-corrected chi connectivity index (χ1v) is 11.6. The first-order valence-electron chi connectivity index (χ1n) is 11.6. The lowest BCUT2D eigenvalue weighted by molar-refractivity contribution is -0.117. The molecule has 190 valence electrons. The van der Waals surface area contributed by atoms with Gasteiger partial charge >= 0.3 is 0 Å². The third-order valence-electron chi connectivity index (χ3n) is 5.86. The lowest BCUT2D eigenvalue weighted by atomic mass is 10.1. The van der Waals surface area contributed by atoms with Crippen molar-refractivity contribution >= 4 is 11.7 Å². The molecule has 0 fully saturated rings. The number of hydrogen-bond donors (Lipinski definition) is 2. The summed E-state index contributed by atoms with van der Waals surface area (Å²) in [7, 11) is 1.63. The minimum Gasteiger partial charge on any atom is -0.457 e. The highest BCUT2D eigenvalue weighted by molar-refractivity contribution is 5.93. The topological polar surface area (TPSA) is 85.2 Å². The lowest BCUT2D eigenvalue weighted by Gasteiger charge is -2.17. The first-order chi connectivity index (χ1) is 17.7. The maximum atomic E-state index is 14.6. The van der Waals surface area contributed by atoms with Crippen LogP contribution in [0.2, 0.25) is 0 Å². The van der Waals surface area contributed by atoms with Gasteiger partial charge in [-0.05, 0) is 68.4 Å². The third kappa shape index (κ3) is 6.07. The van der Waals surface area contributed by atoms with E-state index >= 15 is 0 Å². The Bertz CT molecular complexity index is 1490. The zero-order chi connectivity index (χ0) is 26.5. The van der Waals surface area contributed by atoms with Crippen molar-refractivity contribution < 1.29 is 18.3 Å². The molecule has 0 unspecified atom stereocenters. The number of hydrogen-bond acceptors (Lipinski definition) is 5. The number of anilines is 1. The van der Waals surface area contributed by atoms with Gasteiger partial charge in [0.25, 0.3) is 5.56 Å². The summed E-state index contributed by atoms with van der Waals surface area (Å²) in [5.74, 6) is -1.00. The number of nitrogens with one attached hydrogen (secondary N) is 2. The van der Waals surface area contributed by atoms with Gasteiger partial charge < -0.3 is 15.4 Å². The molecule has 1 heterocycles. The van der Waals surface area contributed by atoms with Gasteiger partial charge in [0.2, 0.25) is 5.91 Å². The van der Waals surface area contributed by atoms with Crippen molar-refractivity contribution in [3.8, 4) is 22.8 Å². The monoisotopic (exact) mass is 504 g/mol. The van der Waals surface area contributed by atoms with Crippen LogP contribution in [0.5, 0.6) is 11.5 Å². The van der Waals surface area contributed by atoms with Crippen LogP contribution in [-0.2, 0) is 11.3 Å². The van der Waals surface area contributed by atoms with Crippen LogP contribution < -0.4 is 20.9 Å². The second-order valence-electron chi connectivity index (χ2n) is 8.55. The molecule has 1 amide bonds. The van der Waals surface area contributed by atoms with Crippen LogP contribution in [0.4, 0.5) is 14.6 Å². The molecule has 7 nitrogen and oxygen atoms in total. The molecule has 4 rings (SSSR count). The maximum Gasteiger partial charge on any atom is 0.294 e. The fourth-order valence-corrected chi connectivity index (χ4v) is 3.75. The molecule has 0 saturated heterocycles. The number of carbonyl (C=O) groups is 1. The molecule has 1 atom stereocenters. The highest BCUT2D eigenvalue weighted by Gasteiger charge is 2.18. The molecule has 4 aromatic rings. The molecule has 0 saturated carbocycles. The van der Waals surface area contributed by atoms with Crippen LogP contribution in [0, 0.1) is 18.6 Å². The van der Waals surface area contributed by atoms with E-state index in [9.17, 15) is 18.4 Å². The average Bonchev–Trinajstić information content (AvgIpc) is 2.87. The number of halogens is 2. The zero-order valence-corrected chi connectivity index (χ0v) is 20.6. The van der Waals surface area contributed by atoms with Crippen molar-refractivity contribution in [1.29, 1.82) is 0 Å². The van der Waals surface area contributed by atoms with Gasteiger partial charge in [-0.15, -0.1) is 0 Å². The van der Waals surface area contributed by atoms with Crippen LogP contribution >= 0.6 is 0 Å². The SMILES string of the molecule is CN[C@@H](C)C(=O)Nc1ncc(-c2ccccc2C)n(Cc2cc(F)cc(Oc3ccc(F)cc3)c2)c1=O. The van der Waals surface area contributed by atoms with E-state index in [0.717, 1.165) is 11.1 Å². The van der Waals surface area contributed by atoms with Crippen molar-refractivity contribution in [2.24, 2.45) is 0 Å². The summed E-state index contributed by atoms with van der Waals surface area (Å²) in [5, 5.41) is 5.38. The highest BCUT2D eigenvalue weighted by Crippen LogP contribution is 2.26. The molecule has 2 N–H and O–H groups in total. The molecule has 0 radical (unpaired) electrons. The summed E-state index contributed by atoms with van der Waals surface area (Å²) >= 11 is 0. The average molecular weight is 505 g/mol. The normalized spacial score (nSPS) is 11.7. The van der Waals surface area contributed by atoms with E-state index in [4.69, 9.17) is 4.74 Å². The Balaban J connectivity index is 1.76. The molecular formula is C28H26F2N4O3. The number of nitrogens with zero attached hydrogens (tertiary/aromatic N) is 2. The molecule has 0 aliphatic heterocycles. The summed E-state index contributed by atoms with van der Waals surface area (Å²) in [6.07, 6.45) is 1.51. The predicted molar refractivity (Wildman–Crippen MR) is 138 cm³/mol. The van der Waals surface area contributed by atoms with Crippen LogP contribution in [0.3, 0.4) is 0 Å². The van der Waals surface area contributed by atoms with E-state index in [1.54, 1.807) is 20.0 Å². The Kier molecular flexibility index (Phi) is 7.74. The fourth-order valence-electron chi connectivity index (χ4n) is 3.75. The van der Waals surface area contributed by atoms with Crippen molar-refractivity contribution in [1.82, 2.24) is 14.9 Å². The van der Waals surface area contributed by atoms with Crippen molar-refractivity contribution in [2.45, 2.75) is 26.4 Å². The minimum absolute atomic E-state index is 0.0208. The van der Waals surface area contributed by atoms with E-state index in [1.807, 2.05) is 31.2 Å². The fraction of sp³-hybridized carbons (Fsp3) is 0.179. The van der Waals surface area contributed by atoms with E-state index in [1.165, 1.54) is 47.2 Å². The summed E-state index contributed by atoms with van der Waals surface area (Å²) in [5.41, 5.74) is 2.10. The molecule has 9 heteroatoms. The molecule has 3 aromatic carbocycles. The molecule has 0 aliphatic rings. The Morgan fingerprint density at radius 2 is 1.76 bits per heavy atom. The number of aromatic nitrogens is 2. The van der Waals surface area contributed by atoms with Crippen molar-refractivity contribution in [2.75, 3.05) is 12.4 Å². The largest absolute Gasteiger partial charge is 0.457 e. The van der Waals surface area contributed by atoms with Gasteiger partial charge in [0, 0.05) is 11.6 Å². The molecular weight excluding hydrogens is 478 g/mol. The molecule has 37 heavy (non-hydrogen) atoms. The van der Waals surface area contributed by atoms with Gasteiger partial charge in [0.1, 0.15) is 23.1 Å². The Morgan fingerprint density at radius 1 is 1.03 bits per heavy atom. The Hall–Kier alpha value is -4.37. The number of carbonyl (C=O) groups excluding carboxylic acids is 1. The number of likely N-dealkylation sites (N-methyl/N-ethyl adjacent to an activating group) is 1. The summed E-state index contributed by atoms with van der Waals surface area (Å²) in [4.78, 5) is 30.2. The summed E-state index contributed by atoms with van der Waals surface area (Å²) < 4.78 is 34.9. The zero-order valence-electron chi connectivity index (χ0n) is 20.6. The second-order valence-corrected chi connectivity index (χ2v) is 8.55. The molecule has 0 aliphatic carbocycles. The molecule has 1 aromatic heterocycles. The lowest BCUT2D eigenvalue weighted by Crippen LogP contribution is -2.38. The summed E-state index contributed by atoms with van der Waals surface area (Å²) in [6, 6.07) is 16.4. The number of benzene rings is 3. The van der Waals surface area contributed by atoms with Crippen LogP contribution in [-0.4, -0.2) is 28.5 Å². The maximum absolute atomic E-state index is 14.6. The van der Waals surface area contributed by atoms with Crippen LogP contribution in [0.15, 0.2) is 77.7 Å². The van der Waals surface area contributed by atoms with E-state index in [0.29, 0.717) is 17.0 Å². The molecule has 0 spiro atoms. The van der Waals surface area contributed by atoms with Crippen LogP contribution in [0.25, 0.3) is 11.3 Å². The predicted octanol–water partition coefficient (Wildman–Crippen LogP) is 4.88. The number of rotatable bonds is 8. The second kappa shape index (κ2) is 11.1. The standard InChI is InChI=1S/C28H26F2N4O3/c1-17-6-4-5-7-24(17)25-15-32-26(33-27(35)18(2)31-3)28(36)34(25)16-19-12-21(30)14-23(13-19)37-22-10-8-20(29)9-11-22/h4-15,18,31H,16H2,1-3H3,(H,32,33,35)/t18-/m0/s1. The van der Waals surface area contributed by atoms with Gasteiger partial charge in [0.15, 0.2) is 5.82 Å². The minimum atomic E-state index is -0.564. The van der Waals surface area contributed by atoms with Crippen molar-refractivity contribution in [3.05, 3.63) is 106 Å². The van der Waals surface area contributed by atoms with Gasteiger partial charge in [-0.2, -0.15) is 0 Å². The number of ether oxygens (including phenoxy) is 1. The summed E-state index contributed by atoms with van der Waals surface area (Å²) in [6.45, 7) is 3.54. The van der Waals surface area contributed by atoms with Gasteiger partial charge in [0.05, 0.1) is 24.5 Å². The third-order valence-corrected chi connectivity index (χ3v) is 5.86. The molecule has 0 bridgehead atoms. The number of amides is 1. The van der Waals surface area contributed by atoms with E-state index in [-0.39, 0.29) is 18.1 Å². The van der Waals surface area contributed by atoms with E-state index in [2.05, 4.69) is 15.6 Å². The van der Waals surface area contributed by atoms with Gasteiger partial charge in [-0.25, -0.2) is 13.8 Å². The number of aryl methyl sites for hydroxylation is 1. The first kappa shape index (κ1) is 25.7. The van der Waals surface area contributed by atoms with Gasteiger partial charge in [-0.1, -0.05) is 24.3 Å². The van der Waals surface area contributed by atoms with Crippen LogP contribution in [0.1, 0.15) is 18.1 Å². The van der Waals surface area contributed by atoms with Gasteiger partial charge in [-0.3, -0.25) is 14.2 Å². The van der Waals surface area contributed by atoms with E-state index < -0.39 is 29.1 Å². The Labute approximate surface area is 212 Å².